The van der Waals surface area contributed by atoms with Gasteiger partial charge < -0.3 is 9.84 Å². The number of benzene rings is 1. The van der Waals surface area contributed by atoms with Gasteiger partial charge in [-0.3, -0.25) is 0 Å². The van der Waals surface area contributed by atoms with Crippen molar-refractivity contribution in [1.82, 2.24) is 0 Å². The minimum absolute atomic E-state index is 0.0474. The monoisotopic (exact) mass is 258 g/mol. The van der Waals surface area contributed by atoms with E-state index in [1.807, 2.05) is 0 Å². The Labute approximate surface area is 101 Å². The van der Waals surface area contributed by atoms with E-state index in [1.165, 1.54) is 18.2 Å². The van der Waals surface area contributed by atoms with Crippen molar-refractivity contribution in [2.75, 3.05) is 0 Å². The molecule has 0 spiro atoms. The summed E-state index contributed by atoms with van der Waals surface area (Å²) in [5.74, 6) is -2.75. The smallest absolute Gasteiger partial charge is 0.331 e. The number of halogens is 2. The van der Waals surface area contributed by atoms with Gasteiger partial charge in [0.25, 0.3) is 0 Å². The molecule has 1 aromatic carbocycles. The van der Waals surface area contributed by atoms with E-state index in [-0.39, 0.29) is 17.2 Å². The Morgan fingerprint density at radius 2 is 2.12 bits per heavy atom. The lowest BCUT2D eigenvalue weighted by Gasteiger charge is -2.05. The largest absolute Gasteiger partial charge is 0.478 e. The zero-order valence-corrected chi connectivity index (χ0v) is 9.28. The van der Waals surface area contributed by atoms with Crippen LogP contribution >= 0.6 is 11.6 Å². The molecule has 0 saturated carbocycles. The molecule has 0 atom stereocenters. The first-order valence-electron chi connectivity index (χ1n) is 4.51. The van der Waals surface area contributed by atoms with Crippen LogP contribution in [0.25, 0.3) is 0 Å². The van der Waals surface area contributed by atoms with Crippen molar-refractivity contribution in [2.45, 2.75) is 6.61 Å². The van der Waals surface area contributed by atoms with Crippen LogP contribution in [0, 0.1) is 5.82 Å². The van der Waals surface area contributed by atoms with Crippen LogP contribution in [0.3, 0.4) is 0 Å². The zero-order valence-electron chi connectivity index (χ0n) is 8.52. The molecule has 0 bridgehead atoms. The first-order valence-corrected chi connectivity index (χ1v) is 4.89. The molecule has 1 rings (SSSR count). The Kier molecular flexibility index (Phi) is 4.66. The fourth-order valence-corrected chi connectivity index (χ4v) is 1.22. The summed E-state index contributed by atoms with van der Waals surface area (Å²) in [4.78, 5) is 21.1. The van der Waals surface area contributed by atoms with E-state index in [9.17, 15) is 14.0 Å². The lowest BCUT2D eigenvalue weighted by molar-refractivity contribution is -0.139. The fourth-order valence-electron chi connectivity index (χ4n) is 1.00. The Bertz CT molecular complexity index is 450. The highest BCUT2D eigenvalue weighted by molar-refractivity contribution is 6.31. The number of aliphatic carboxylic acids is 1. The van der Waals surface area contributed by atoms with Gasteiger partial charge in [-0.1, -0.05) is 17.7 Å². The molecule has 0 amide bonds. The van der Waals surface area contributed by atoms with Crippen molar-refractivity contribution in [2.24, 2.45) is 0 Å². The summed E-state index contributed by atoms with van der Waals surface area (Å²) in [7, 11) is 0. The van der Waals surface area contributed by atoms with E-state index in [1.54, 1.807) is 0 Å². The molecule has 0 unspecified atom stereocenters. The lowest BCUT2D eigenvalue weighted by Crippen LogP contribution is -2.04. The van der Waals surface area contributed by atoms with Crippen LogP contribution in [0.15, 0.2) is 30.4 Å². The number of carbonyl (C=O) groups excluding carboxylic acids is 1. The maximum Gasteiger partial charge on any atom is 0.331 e. The Hall–Kier alpha value is -1.88. The van der Waals surface area contributed by atoms with Crippen LogP contribution in [0.4, 0.5) is 4.39 Å². The molecule has 1 aromatic rings. The molecule has 4 nitrogen and oxygen atoms in total. The number of rotatable bonds is 4. The minimum atomic E-state index is -1.27. The number of hydrogen-bond donors (Lipinski definition) is 1. The molecule has 0 radical (unpaired) electrons. The van der Waals surface area contributed by atoms with Crippen LogP contribution in [-0.4, -0.2) is 17.0 Å². The molecular weight excluding hydrogens is 251 g/mol. The highest BCUT2D eigenvalue weighted by Crippen LogP contribution is 2.19. The summed E-state index contributed by atoms with van der Waals surface area (Å²) < 4.78 is 17.9. The average Bonchev–Trinajstić information content (AvgIpc) is 2.25. The summed E-state index contributed by atoms with van der Waals surface area (Å²) in [5, 5.41) is 8.40. The number of esters is 1. The SMILES string of the molecule is O=C(O)C=CC(=O)OCc1c(F)cccc1Cl. The third kappa shape index (κ3) is 4.24. The lowest BCUT2D eigenvalue weighted by atomic mass is 10.2. The summed E-state index contributed by atoms with van der Waals surface area (Å²) in [6.45, 7) is -0.353. The average molecular weight is 259 g/mol. The van der Waals surface area contributed by atoms with Gasteiger partial charge in [0.05, 0.1) is 5.02 Å². The van der Waals surface area contributed by atoms with Crippen LogP contribution < -0.4 is 0 Å². The molecule has 1 N–H and O–H groups in total. The van der Waals surface area contributed by atoms with Gasteiger partial charge in [-0.2, -0.15) is 0 Å². The zero-order chi connectivity index (χ0) is 12.8. The molecule has 90 valence electrons. The number of carbonyl (C=O) groups is 2. The van der Waals surface area contributed by atoms with E-state index in [2.05, 4.69) is 4.74 Å². The van der Waals surface area contributed by atoms with Crippen molar-refractivity contribution in [3.8, 4) is 0 Å². The van der Waals surface area contributed by atoms with E-state index in [4.69, 9.17) is 16.7 Å². The maximum absolute atomic E-state index is 13.2. The standard InChI is InChI=1S/C11H8ClFO4/c12-8-2-1-3-9(13)7(8)6-17-11(16)5-4-10(14)15/h1-5H,6H2,(H,14,15). The highest BCUT2D eigenvalue weighted by atomic mass is 35.5. The normalized spacial score (nSPS) is 10.5. The van der Waals surface area contributed by atoms with Gasteiger partial charge in [-0.15, -0.1) is 0 Å². The Morgan fingerprint density at radius 1 is 1.41 bits per heavy atom. The molecule has 0 aromatic heterocycles. The molecule has 0 aliphatic rings. The second-order valence-electron chi connectivity index (χ2n) is 2.98. The topological polar surface area (TPSA) is 63.6 Å². The maximum atomic E-state index is 13.2. The molecule has 0 heterocycles. The van der Waals surface area contributed by atoms with Crippen LogP contribution in [0.2, 0.25) is 5.02 Å². The van der Waals surface area contributed by atoms with Crippen molar-refractivity contribution in [3.05, 3.63) is 46.8 Å². The number of hydrogen-bond acceptors (Lipinski definition) is 3. The predicted octanol–water partition coefficient (Wildman–Crippen LogP) is 2.16. The van der Waals surface area contributed by atoms with Gasteiger partial charge in [0.2, 0.25) is 0 Å². The third-order valence-electron chi connectivity index (χ3n) is 1.78. The molecule has 0 aliphatic carbocycles. The number of ether oxygens (including phenoxy) is 1. The molecular formula is C11H8ClFO4. The summed E-state index contributed by atoms with van der Waals surface area (Å²) in [6.07, 6.45) is 1.36. The van der Waals surface area contributed by atoms with Crippen molar-refractivity contribution in [3.63, 3.8) is 0 Å². The first-order chi connectivity index (χ1) is 8.00. The summed E-state index contributed by atoms with van der Waals surface area (Å²) in [5.41, 5.74) is 0.0474. The highest BCUT2D eigenvalue weighted by Gasteiger charge is 2.08. The van der Waals surface area contributed by atoms with E-state index in [0.717, 1.165) is 6.08 Å². The van der Waals surface area contributed by atoms with Crippen LogP contribution in [0.5, 0.6) is 0 Å². The van der Waals surface area contributed by atoms with Crippen LogP contribution in [-0.2, 0) is 20.9 Å². The molecule has 0 aliphatic heterocycles. The van der Waals surface area contributed by atoms with Gasteiger partial charge in [0.15, 0.2) is 0 Å². The summed E-state index contributed by atoms with van der Waals surface area (Å²) in [6, 6.07) is 4.07. The second kappa shape index (κ2) is 6.00. The number of carboxylic acid groups (broad SMARTS) is 1. The van der Waals surface area contributed by atoms with Gasteiger partial charge in [0, 0.05) is 17.7 Å². The third-order valence-corrected chi connectivity index (χ3v) is 2.14. The van der Waals surface area contributed by atoms with Crippen LogP contribution in [0.1, 0.15) is 5.56 Å². The first kappa shape index (κ1) is 13.2. The van der Waals surface area contributed by atoms with Crippen molar-refractivity contribution >= 4 is 23.5 Å². The van der Waals surface area contributed by atoms with Crippen molar-refractivity contribution < 1.29 is 23.8 Å². The van der Waals surface area contributed by atoms with Gasteiger partial charge in [-0.25, -0.2) is 14.0 Å². The predicted molar refractivity (Wildman–Crippen MR) is 58.0 cm³/mol. The Morgan fingerprint density at radius 3 is 2.71 bits per heavy atom. The van der Waals surface area contributed by atoms with E-state index in [0.29, 0.717) is 6.08 Å². The van der Waals surface area contributed by atoms with Gasteiger partial charge in [-0.05, 0) is 12.1 Å². The molecule has 17 heavy (non-hydrogen) atoms. The molecule has 6 heteroatoms. The van der Waals surface area contributed by atoms with Gasteiger partial charge >= 0.3 is 11.9 Å². The van der Waals surface area contributed by atoms with Gasteiger partial charge in [0.1, 0.15) is 12.4 Å². The van der Waals surface area contributed by atoms with E-state index < -0.39 is 17.8 Å². The number of carboxylic acids is 1. The quantitative estimate of drug-likeness (QED) is 0.664. The molecule has 0 saturated heterocycles. The summed E-state index contributed by atoms with van der Waals surface area (Å²) >= 11 is 5.70. The van der Waals surface area contributed by atoms with E-state index >= 15 is 0 Å². The Balaban J connectivity index is 2.62. The fraction of sp³-hybridized carbons (Fsp3) is 0.0909. The second-order valence-corrected chi connectivity index (χ2v) is 3.39. The molecule has 0 fully saturated rings. The minimum Gasteiger partial charge on any atom is -0.478 e. The van der Waals surface area contributed by atoms with Crippen molar-refractivity contribution in [1.29, 1.82) is 0 Å².